The minimum atomic E-state index is 0.656. The van der Waals surface area contributed by atoms with Crippen molar-refractivity contribution >= 4 is 11.8 Å². The molecule has 0 aromatic carbocycles. The summed E-state index contributed by atoms with van der Waals surface area (Å²) in [6, 6.07) is 0. The SMILES string of the molecule is C/C=C(\C=C/C(C)CSC)NC. The van der Waals surface area contributed by atoms with Crippen LogP contribution in [0, 0.1) is 5.92 Å². The summed E-state index contributed by atoms with van der Waals surface area (Å²) < 4.78 is 0. The van der Waals surface area contributed by atoms with Crippen LogP contribution >= 0.6 is 11.8 Å². The van der Waals surface area contributed by atoms with Gasteiger partial charge in [-0.3, -0.25) is 0 Å². The fourth-order valence-corrected chi connectivity index (χ4v) is 1.55. The summed E-state index contributed by atoms with van der Waals surface area (Å²) in [6.07, 6.45) is 8.59. The number of thioether (sulfide) groups is 1. The van der Waals surface area contributed by atoms with Gasteiger partial charge in [0.25, 0.3) is 0 Å². The maximum absolute atomic E-state index is 3.12. The first-order valence-electron chi connectivity index (χ1n) is 4.25. The van der Waals surface area contributed by atoms with Crippen molar-refractivity contribution in [3.05, 3.63) is 23.9 Å². The molecular weight excluding hydrogens is 166 g/mol. The Morgan fingerprint density at radius 3 is 2.67 bits per heavy atom. The summed E-state index contributed by atoms with van der Waals surface area (Å²) in [5.41, 5.74) is 1.18. The van der Waals surface area contributed by atoms with E-state index in [1.807, 2.05) is 25.7 Å². The molecule has 12 heavy (non-hydrogen) atoms. The highest BCUT2D eigenvalue weighted by Gasteiger charge is 1.93. The summed E-state index contributed by atoms with van der Waals surface area (Å²) in [5.74, 6) is 1.85. The number of likely N-dealkylation sites (N-methyl/N-ethyl adjacent to an activating group) is 1. The molecule has 1 nitrogen and oxygen atoms in total. The Hall–Kier alpha value is -0.370. The normalized spacial score (nSPS) is 15.2. The summed E-state index contributed by atoms with van der Waals surface area (Å²) in [4.78, 5) is 0. The maximum atomic E-state index is 3.12. The minimum Gasteiger partial charge on any atom is -0.388 e. The molecule has 0 bridgehead atoms. The molecule has 2 heteroatoms. The van der Waals surface area contributed by atoms with Crippen molar-refractivity contribution in [1.82, 2.24) is 5.32 Å². The van der Waals surface area contributed by atoms with Crippen molar-refractivity contribution in [3.63, 3.8) is 0 Å². The molecule has 0 aliphatic heterocycles. The molecule has 0 fully saturated rings. The molecule has 0 saturated carbocycles. The Morgan fingerprint density at radius 1 is 1.58 bits per heavy atom. The Labute approximate surface area is 80.3 Å². The van der Waals surface area contributed by atoms with E-state index in [2.05, 4.69) is 36.7 Å². The van der Waals surface area contributed by atoms with E-state index in [1.165, 1.54) is 11.4 Å². The first-order chi connectivity index (χ1) is 5.74. The number of rotatable bonds is 5. The van der Waals surface area contributed by atoms with E-state index in [-0.39, 0.29) is 0 Å². The molecule has 0 spiro atoms. The van der Waals surface area contributed by atoms with Crippen LogP contribution in [0.2, 0.25) is 0 Å². The monoisotopic (exact) mass is 185 g/mol. The van der Waals surface area contributed by atoms with Crippen molar-refractivity contribution in [2.45, 2.75) is 13.8 Å². The predicted octanol–water partition coefficient (Wildman–Crippen LogP) is 2.66. The lowest BCUT2D eigenvalue weighted by molar-refractivity contribution is 0.843. The highest BCUT2D eigenvalue weighted by atomic mass is 32.2. The summed E-state index contributed by atoms with van der Waals surface area (Å²) in [5, 5.41) is 3.12. The molecule has 0 saturated heterocycles. The third kappa shape index (κ3) is 5.30. The van der Waals surface area contributed by atoms with Crippen LogP contribution in [-0.4, -0.2) is 19.1 Å². The third-order valence-electron chi connectivity index (χ3n) is 1.63. The summed E-state index contributed by atoms with van der Waals surface area (Å²) in [7, 11) is 1.94. The topological polar surface area (TPSA) is 12.0 Å². The van der Waals surface area contributed by atoms with E-state index in [4.69, 9.17) is 0 Å². The largest absolute Gasteiger partial charge is 0.388 e. The standard InChI is InChI=1S/C10H19NS/c1-5-10(11-3)7-6-9(2)8-12-4/h5-7,9,11H,8H2,1-4H3/b7-6-,10-5+. The van der Waals surface area contributed by atoms with Crippen LogP contribution in [0.15, 0.2) is 23.9 Å². The quantitative estimate of drug-likeness (QED) is 0.661. The zero-order valence-electron chi connectivity index (χ0n) is 8.42. The van der Waals surface area contributed by atoms with Crippen molar-refractivity contribution in [3.8, 4) is 0 Å². The van der Waals surface area contributed by atoms with Crippen LogP contribution in [-0.2, 0) is 0 Å². The second kappa shape index (κ2) is 7.29. The number of nitrogens with one attached hydrogen (secondary N) is 1. The lowest BCUT2D eigenvalue weighted by Crippen LogP contribution is -2.03. The number of allylic oxidation sites excluding steroid dienone is 3. The van der Waals surface area contributed by atoms with E-state index in [9.17, 15) is 0 Å². The van der Waals surface area contributed by atoms with Crippen LogP contribution in [0.25, 0.3) is 0 Å². The maximum Gasteiger partial charge on any atom is 0.0291 e. The van der Waals surface area contributed by atoms with Gasteiger partial charge in [0.1, 0.15) is 0 Å². The van der Waals surface area contributed by atoms with Crippen molar-refractivity contribution in [2.75, 3.05) is 19.1 Å². The summed E-state index contributed by atoms with van der Waals surface area (Å²) >= 11 is 1.89. The second-order valence-electron chi connectivity index (χ2n) is 2.79. The molecular formula is C10H19NS. The molecule has 0 amide bonds. The molecule has 0 rings (SSSR count). The van der Waals surface area contributed by atoms with Crippen LogP contribution in [0.1, 0.15) is 13.8 Å². The van der Waals surface area contributed by atoms with Gasteiger partial charge in [0.2, 0.25) is 0 Å². The van der Waals surface area contributed by atoms with Crippen LogP contribution < -0.4 is 5.32 Å². The number of hydrogen-bond donors (Lipinski definition) is 1. The molecule has 0 aliphatic rings. The molecule has 0 radical (unpaired) electrons. The van der Waals surface area contributed by atoms with Gasteiger partial charge in [0.05, 0.1) is 0 Å². The molecule has 0 aliphatic carbocycles. The predicted molar refractivity (Wildman–Crippen MR) is 59.5 cm³/mol. The van der Waals surface area contributed by atoms with Crippen molar-refractivity contribution in [1.29, 1.82) is 0 Å². The number of hydrogen-bond acceptors (Lipinski definition) is 2. The molecule has 1 atom stereocenters. The van der Waals surface area contributed by atoms with Crippen LogP contribution in [0.4, 0.5) is 0 Å². The first kappa shape index (κ1) is 11.6. The minimum absolute atomic E-state index is 0.656. The van der Waals surface area contributed by atoms with Gasteiger partial charge < -0.3 is 5.32 Å². The zero-order chi connectivity index (χ0) is 9.40. The van der Waals surface area contributed by atoms with E-state index < -0.39 is 0 Å². The Morgan fingerprint density at radius 2 is 2.25 bits per heavy atom. The zero-order valence-corrected chi connectivity index (χ0v) is 9.24. The fourth-order valence-electron chi connectivity index (χ4n) is 0.910. The highest BCUT2D eigenvalue weighted by molar-refractivity contribution is 7.98. The van der Waals surface area contributed by atoms with Gasteiger partial charge in [-0.05, 0) is 30.9 Å². The van der Waals surface area contributed by atoms with Crippen molar-refractivity contribution in [2.24, 2.45) is 5.92 Å². The molecule has 0 aromatic rings. The second-order valence-corrected chi connectivity index (χ2v) is 3.70. The van der Waals surface area contributed by atoms with Gasteiger partial charge in [-0.2, -0.15) is 11.8 Å². The van der Waals surface area contributed by atoms with Gasteiger partial charge in [0.15, 0.2) is 0 Å². The molecule has 70 valence electrons. The molecule has 1 N–H and O–H groups in total. The molecule has 0 heterocycles. The smallest absolute Gasteiger partial charge is 0.0291 e. The highest BCUT2D eigenvalue weighted by Crippen LogP contribution is 2.06. The van der Waals surface area contributed by atoms with E-state index >= 15 is 0 Å². The van der Waals surface area contributed by atoms with Gasteiger partial charge in [-0.15, -0.1) is 0 Å². The van der Waals surface area contributed by atoms with Crippen LogP contribution in [0.3, 0.4) is 0 Å². The Bertz CT molecular complexity index is 161. The Kier molecular flexibility index (Phi) is 7.06. The van der Waals surface area contributed by atoms with Crippen LogP contribution in [0.5, 0.6) is 0 Å². The molecule has 1 unspecified atom stereocenters. The first-order valence-corrected chi connectivity index (χ1v) is 5.65. The average Bonchev–Trinajstić information content (AvgIpc) is 2.07. The van der Waals surface area contributed by atoms with E-state index in [0.29, 0.717) is 5.92 Å². The summed E-state index contributed by atoms with van der Waals surface area (Å²) in [6.45, 7) is 4.27. The molecule has 0 aromatic heterocycles. The van der Waals surface area contributed by atoms with Gasteiger partial charge in [0, 0.05) is 12.7 Å². The van der Waals surface area contributed by atoms with Gasteiger partial charge in [-0.25, -0.2) is 0 Å². The van der Waals surface area contributed by atoms with Gasteiger partial charge >= 0.3 is 0 Å². The van der Waals surface area contributed by atoms with E-state index in [0.717, 1.165) is 0 Å². The lowest BCUT2D eigenvalue weighted by atomic mass is 10.2. The van der Waals surface area contributed by atoms with Gasteiger partial charge in [-0.1, -0.05) is 19.1 Å². The Balaban J connectivity index is 3.87. The fraction of sp³-hybridized carbons (Fsp3) is 0.600. The third-order valence-corrected chi connectivity index (χ3v) is 2.49. The van der Waals surface area contributed by atoms with E-state index in [1.54, 1.807) is 0 Å². The average molecular weight is 185 g/mol. The lowest BCUT2D eigenvalue weighted by Gasteiger charge is -2.03. The van der Waals surface area contributed by atoms with Crippen molar-refractivity contribution < 1.29 is 0 Å².